The second-order valence-corrected chi connectivity index (χ2v) is 12.4. The highest BCUT2D eigenvalue weighted by molar-refractivity contribution is 5.31. The summed E-state index contributed by atoms with van der Waals surface area (Å²) in [5.41, 5.74) is 2.00. The van der Waals surface area contributed by atoms with Crippen LogP contribution in [0.1, 0.15) is 96.0 Å². The second kappa shape index (κ2) is 7.81. The van der Waals surface area contributed by atoms with E-state index in [0.717, 1.165) is 37.7 Å². The van der Waals surface area contributed by atoms with E-state index < -0.39 is 5.60 Å². The van der Waals surface area contributed by atoms with Crippen LogP contribution in [-0.2, 0) is 0 Å². The molecule has 4 nitrogen and oxygen atoms in total. The lowest BCUT2D eigenvalue weighted by Crippen LogP contribution is -2.60. The number of aliphatic hydroxyl groups is 1. The van der Waals surface area contributed by atoms with Crippen LogP contribution in [0.2, 0.25) is 0 Å². The summed E-state index contributed by atoms with van der Waals surface area (Å²) in [6.07, 6.45) is 17.4. The number of piperidine rings is 1. The predicted octanol–water partition coefficient (Wildman–Crippen LogP) is 5.66. The van der Waals surface area contributed by atoms with Crippen LogP contribution in [-0.4, -0.2) is 34.7 Å². The molecule has 1 aliphatic heterocycles. The van der Waals surface area contributed by atoms with Crippen LogP contribution in [0.25, 0.3) is 0 Å². The summed E-state index contributed by atoms with van der Waals surface area (Å²) in [4.78, 5) is 14.3. The fourth-order valence-corrected chi connectivity index (χ4v) is 9.32. The first-order chi connectivity index (χ1) is 15.8. The van der Waals surface area contributed by atoms with Crippen LogP contribution >= 0.6 is 0 Å². The van der Waals surface area contributed by atoms with Crippen LogP contribution < -0.4 is 5.63 Å². The molecule has 1 saturated heterocycles. The predicted molar refractivity (Wildman–Crippen MR) is 130 cm³/mol. The molecule has 7 atom stereocenters. The maximum Gasteiger partial charge on any atom is 0.335 e. The van der Waals surface area contributed by atoms with E-state index in [1.807, 2.05) is 6.07 Å². The SMILES string of the molecule is C[C@]12CC[C@H](N3CCCCC3)C=C1CC[C@@H]1[C@@H]2CC[C@]2(C)[C@@H](c3ccc(=O)oc3)CC[C@]12O. The normalized spacial score (nSPS) is 45.6. The van der Waals surface area contributed by atoms with Gasteiger partial charge in [-0.3, -0.25) is 4.90 Å². The molecule has 4 fully saturated rings. The standard InChI is InChI=1S/C29H41NO3/c1-27-13-10-22(30-16-4-3-5-17-30)18-21(27)7-8-25-24(27)11-14-28(2)23(12-15-29(25,28)32)20-6-9-26(31)33-19-20/h6,9,18-19,22-25,32H,3-5,7-8,10-17H2,1-2H3/t22-,23+,24-,25+,27-,28+,29-/m0/s1. The lowest BCUT2D eigenvalue weighted by Gasteiger charge is -2.62. The zero-order chi connectivity index (χ0) is 22.8. The highest BCUT2D eigenvalue weighted by atomic mass is 16.4. The quantitative estimate of drug-likeness (QED) is 0.590. The largest absolute Gasteiger partial charge is 0.431 e. The van der Waals surface area contributed by atoms with Crippen molar-refractivity contribution in [1.82, 2.24) is 4.90 Å². The van der Waals surface area contributed by atoms with Gasteiger partial charge in [0.25, 0.3) is 0 Å². The van der Waals surface area contributed by atoms with Crippen molar-refractivity contribution in [1.29, 1.82) is 0 Å². The Morgan fingerprint density at radius 3 is 2.55 bits per heavy atom. The van der Waals surface area contributed by atoms with Crippen LogP contribution in [0.15, 0.2) is 39.3 Å². The van der Waals surface area contributed by atoms with Crippen molar-refractivity contribution < 1.29 is 9.52 Å². The minimum absolute atomic E-state index is 0.142. The molecular weight excluding hydrogens is 410 g/mol. The van der Waals surface area contributed by atoms with Gasteiger partial charge in [0.1, 0.15) is 0 Å². The minimum Gasteiger partial charge on any atom is -0.431 e. The average Bonchev–Trinajstić information content (AvgIpc) is 3.11. The first-order valence-electron chi connectivity index (χ1n) is 13.6. The summed E-state index contributed by atoms with van der Waals surface area (Å²) in [7, 11) is 0. The smallest absolute Gasteiger partial charge is 0.335 e. The molecule has 0 amide bonds. The Hall–Kier alpha value is -1.39. The molecule has 4 heteroatoms. The van der Waals surface area contributed by atoms with Gasteiger partial charge in [0.2, 0.25) is 0 Å². The molecule has 2 heterocycles. The summed E-state index contributed by atoms with van der Waals surface area (Å²) in [5, 5.41) is 12.4. The molecule has 0 unspecified atom stereocenters. The first-order valence-corrected chi connectivity index (χ1v) is 13.6. The molecule has 180 valence electrons. The number of likely N-dealkylation sites (tertiary alicyclic amines) is 1. The average molecular weight is 452 g/mol. The molecule has 1 N–H and O–H groups in total. The first kappa shape index (κ1) is 22.1. The zero-order valence-electron chi connectivity index (χ0n) is 20.5. The van der Waals surface area contributed by atoms with E-state index in [-0.39, 0.29) is 22.4 Å². The molecule has 0 bridgehead atoms. The number of fused-ring (bicyclic) bond motifs is 5. The fraction of sp³-hybridized carbons (Fsp3) is 0.759. The van der Waals surface area contributed by atoms with Gasteiger partial charge in [-0.2, -0.15) is 0 Å². The van der Waals surface area contributed by atoms with Gasteiger partial charge in [-0.05, 0) is 112 Å². The fourth-order valence-electron chi connectivity index (χ4n) is 9.32. The summed E-state index contributed by atoms with van der Waals surface area (Å²) in [5.74, 6) is 1.24. The van der Waals surface area contributed by atoms with E-state index in [0.29, 0.717) is 17.9 Å². The number of allylic oxidation sites excluding steroid dienone is 1. The monoisotopic (exact) mass is 451 g/mol. The van der Waals surface area contributed by atoms with Crippen LogP contribution in [0.5, 0.6) is 0 Å². The molecule has 5 aliphatic rings. The van der Waals surface area contributed by atoms with Gasteiger partial charge >= 0.3 is 5.63 Å². The Balaban J connectivity index is 1.28. The summed E-state index contributed by atoms with van der Waals surface area (Å²) in [6.45, 7) is 7.41. The van der Waals surface area contributed by atoms with Crippen LogP contribution in [0.4, 0.5) is 0 Å². The van der Waals surface area contributed by atoms with Crippen molar-refractivity contribution in [3.63, 3.8) is 0 Å². The third-order valence-electron chi connectivity index (χ3n) is 11.3. The Labute approximate surface area is 198 Å². The molecule has 0 radical (unpaired) electrons. The Morgan fingerprint density at radius 1 is 0.970 bits per heavy atom. The van der Waals surface area contributed by atoms with Crippen molar-refractivity contribution in [2.24, 2.45) is 22.7 Å². The number of rotatable bonds is 2. The molecular formula is C29H41NO3. The second-order valence-electron chi connectivity index (χ2n) is 12.4. The number of nitrogens with zero attached hydrogens (tertiary/aromatic N) is 1. The molecule has 0 aromatic carbocycles. The Bertz CT molecular complexity index is 972. The third-order valence-corrected chi connectivity index (χ3v) is 11.3. The summed E-state index contributed by atoms with van der Waals surface area (Å²) < 4.78 is 5.23. The van der Waals surface area contributed by atoms with Crippen molar-refractivity contribution in [2.45, 2.75) is 102 Å². The zero-order valence-corrected chi connectivity index (χ0v) is 20.5. The Morgan fingerprint density at radius 2 is 1.79 bits per heavy atom. The highest BCUT2D eigenvalue weighted by Crippen LogP contribution is 2.70. The maximum absolute atomic E-state index is 12.4. The van der Waals surface area contributed by atoms with Gasteiger partial charge in [0.05, 0.1) is 11.9 Å². The minimum atomic E-state index is -0.616. The van der Waals surface area contributed by atoms with Gasteiger partial charge in [-0.25, -0.2) is 4.79 Å². The van der Waals surface area contributed by atoms with Gasteiger partial charge in [-0.15, -0.1) is 0 Å². The molecule has 3 saturated carbocycles. The Kier molecular flexibility index (Phi) is 5.23. The van der Waals surface area contributed by atoms with Gasteiger partial charge < -0.3 is 9.52 Å². The molecule has 6 rings (SSSR count). The van der Waals surface area contributed by atoms with Crippen LogP contribution in [0.3, 0.4) is 0 Å². The molecule has 0 spiro atoms. The van der Waals surface area contributed by atoms with Crippen molar-refractivity contribution in [3.05, 3.63) is 46.0 Å². The van der Waals surface area contributed by atoms with Crippen molar-refractivity contribution in [3.8, 4) is 0 Å². The molecule has 1 aromatic rings. The van der Waals surface area contributed by atoms with Gasteiger partial charge in [-0.1, -0.05) is 31.9 Å². The number of hydrogen-bond donors (Lipinski definition) is 1. The highest BCUT2D eigenvalue weighted by Gasteiger charge is 2.66. The van der Waals surface area contributed by atoms with E-state index in [4.69, 9.17) is 4.42 Å². The van der Waals surface area contributed by atoms with E-state index in [2.05, 4.69) is 24.8 Å². The molecule has 1 aromatic heterocycles. The number of hydrogen-bond acceptors (Lipinski definition) is 4. The summed E-state index contributed by atoms with van der Waals surface area (Å²) >= 11 is 0. The molecule has 33 heavy (non-hydrogen) atoms. The van der Waals surface area contributed by atoms with E-state index >= 15 is 0 Å². The van der Waals surface area contributed by atoms with Crippen molar-refractivity contribution in [2.75, 3.05) is 13.1 Å². The van der Waals surface area contributed by atoms with Crippen molar-refractivity contribution >= 4 is 0 Å². The van der Waals surface area contributed by atoms with Crippen LogP contribution in [0, 0.1) is 22.7 Å². The van der Waals surface area contributed by atoms with E-state index in [1.165, 1.54) is 51.6 Å². The third kappa shape index (κ3) is 3.19. The summed E-state index contributed by atoms with van der Waals surface area (Å²) in [6, 6.07) is 4.12. The topological polar surface area (TPSA) is 53.7 Å². The lowest BCUT2D eigenvalue weighted by molar-refractivity contribution is -0.177. The van der Waals surface area contributed by atoms with E-state index in [1.54, 1.807) is 17.9 Å². The van der Waals surface area contributed by atoms with E-state index in [9.17, 15) is 9.90 Å². The lowest BCUT2D eigenvalue weighted by atomic mass is 9.45. The molecule has 4 aliphatic carbocycles. The maximum atomic E-state index is 12.4. The van der Waals surface area contributed by atoms with Gasteiger partial charge in [0.15, 0.2) is 0 Å². The van der Waals surface area contributed by atoms with Gasteiger partial charge in [0, 0.05) is 17.5 Å².